The number of hydrogen-bond donors (Lipinski definition) is 3. The molecule has 1 aromatic carbocycles. The van der Waals surface area contributed by atoms with Gasteiger partial charge in [0.05, 0.1) is 4.90 Å². The number of amides is 1. The summed E-state index contributed by atoms with van der Waals surface area (Å²) in [7, 11) is -3.68. The van der Waals surface area contributed by atoms with Crippen molar-refractivity contribution in [2.75, 3.05) is 0 Å². The van der Waals surface area contributed by atoms with E-state index in [1.54, 1.807) is 26.8 Å². The number of carbonyl (C=O) groups excluding carboxylic acids is 1. The highest BCUT2D eigenvalue weighted by Gasteiger charge is 2.29. The Morgan fingerprint density at radius 1 is 1.25 bits per heavy atom. The second-order valence-electron chi connectivity index (χ2n) is 6.41. The van der Waals surface area contributed by atoms with Crippen molar-refractivity contribution in [2.45, 2.75) is 50.6 Å². The van der Waals surface area contributed by atoms with Crippen molar-refractivity contribution in [1.82, 2.24) is 10.0 Å². The Bertz CT molecular complexity index is 754. The molecule has 0 radical (unpaired) electrons. The van der Waals surface area contributed by atoms with Crippen LogP contribution in [0.5, 0.6) is 0 Å². The van der Waals surface area contributed by atoms with Crippen molar-refractivity contribution in [2.24, 2.45) is 5.92 Å². The van der Waals surface area contributed by atoms with Crippen molar-refractivity contribution in [1.29, 1.82) is 0 Å². The molecule has 1 amide bonds. The van der Waals surface area contributed by atoms with E-state index in [-0.39, 0.29) is 22.4 Å². The smallest absolute Gasteiger partial charge is 0.326 e. The lowest BCUT2D eigenvalue weighted by atomic mass is 10.0. The number of sulfonamides is 1. The van der Waals surface area contributed by atoms with E-state index in [2.05, 4.69) is 10.0 Å². The normalized spacial score (nSPS) is 16.0. The third-order valence-electron chi connectivity index (χ3n) is 3.88. The van der Waals surface area contributed by atoms with E-state index in [0.29, 0.717) is 5.56 Å². The number of aryl methyl sites for hydroxylation is 1. The molecule has 0 bridgehead atoms. The van der Waals surface area contributed by atoms with E-state index in [1.807, 2.05) is 0 Å². The van der Waals surface area contributed by atoms with Crippen LogP contribution in [0.25, 0.3) is 0 Å². The standard InChI is InChI=1S/C16H22N2O5S/c1-9(2)14(16(20)21)17-15(19)13-8-12(7-4-10(13)3)24(22,23)18-11-5-6-11/h4,7-9,11,14,18H,5-6H2,1-3H3,(H,17,19)(H,20,21)/t14-/m0/s1. The lowest BCUT2D eigenvalue weighted by molar-refractivity contribution is -0.140. The van der Waals surface area contributed by atoms with Gasteiger partial charge in [0.25, 0.3) is 5.91 Å². The van der Waals surface area contributed by atoms with Gasteiger partial charge in [0, 0.05) is 11.6 Å². The Labute approximate surface area is 141 Å². The van der Waals surface area contributed by atoms with Crippen LogP contribution in [0, 0.1) is 12.8 Å². The maximum absolute atomic E-state index is 12.4. The second kappa shape index (κ2) is 6.90. The van der Waals surface area contributed by atoms with Crippen LogP contribution >= 0.6 is 0 Å². The van der Waals surface area contributed by atoms with Crippen molar-refractivity contribution in [3.05, 3.63) is 29.3 Å². The molecule has 132 valence electrons. The maximum Gasteiger partial charge on any atom is 0.326 e. The summed E-state index contributed by atoms with van der Waals surface area (Å²) in [6.45, 7) is 5.05. The summed E-state index contributed by atoms with van der Waals surface area (Å²) in [4.78, 5) is 23.6. The number of rotatable bonds is 7. The number of hydrogen-bond acceptors (Lipinski definition) is 4. The fraction of sp³-hybridized carbons (Fsp3) is 0.500. The van der Waals surface area contributed by atoms with Gasteiger partial charge in [0.15, 0.2) is 0 Å². The van der Waals surface area contributed by atoms with Crippen LogP contribution in [0.15, 0.2) is 23.1 Å². The summed E-state index contributed by atoms with van der Waals surface area (Å²) in [6.07, 6.45) is 1.63. The van der Waals surface area contributed by atoms with Crippen LogP contribution in [-0.4, -0.2) is 37.5 Å². The quantitative estimate of drug-likeness (QED) is 0.683. The first-order valence-electron chi connectivity index (χ1n) is 7.78. The second-order valence-corrected chi connectivity index (χ2v) is 8.12. The molecule has 0 heterocycles. The van der Waals surface area contributed by atoms with E-state index in [4.69, 9.17) is 0 Å². The van der Waals surface area contributed by atoms with Gasteiger partial charge in [-0.3, -0.25) is 4.79 Å². The molecule has 0 aromatic heterocycles. The highest BCUT2D eigenvalue weighted by Crippen LogP contribution is 2.23. The van der Waals surface area contributed by atoms with E-state index in [9.17, 15) is 23.1 Å². The zero-order chi connectivity index (χ0) is 18.1. The van der Waals surface area contributed by atoms with E-state index in [0.717, 1.165) is 12.8 Å². The van der Waals surface area contributed by atoms with Crippen molar-refractivity contribution in [3.63, 3.8) is 0 Å². The molecule has 1 atom stereocenters. The molecule has 3 N–H and O–H groups in total. The minimum Gasteiger partial charge on any atom is -0.480 e. The molecule has 1 saturated carbocycles. The molecular weight excluding hydrogens is 332 g/mol. The fourth-order valence-corrected chi connectivity index (χ4v) is 3.56. The summed E-state index contributed by atoms with van der Waals surface area (Å²) in [5, 5.41) is 11.6. The Morgan fingerprint density at radius 2 is 1.88 bits per heavy atom. The van der Waals surface area contributed by atoms with Crippen LogP contribution in [0.2, 0.25) is 0 Å². The molecule has 1 fully saturated rings. The summed E-state index contributed by atoms with van der Waals surface area (Å²) in [6, 6.07) is 3.19. The highest BCUT2D eigenvalue weighted by atomic mass is 32.2. The zero-order valence-electron chi connectivity index (χ0n) is 13.9. The molecule has 7 nitrogen and oxygen atoms in total. The van der Waals surface area contributed by atoms with Crippen LogP contribution < -0.4 is 10.0 Å². The molecule has 8 heteroatoms. The number of carbonyl (C=O) groups is 2. The summed E-state index contributed by atoms with van der Waals surface area (Å²) >= 11 is 0. The van der Waals surface area contributed by atoms with Gasteiger partial charge in [-0.25, -0.2) is 17.9 Å². The number of carboxylic acids is 1. The monoisotopic (exact) mass is 354 g/mol. The van der Waals surface area contributed by atoms with E-state index < -0.39 is 27.9 Å². The summed E-state index contributed by atoms with van der Waals surface area (Å²) in [5.41, 5.74) is 0.728. The van der Waals surface area contributed by atoms with Gasteiger partial charge in [0.2, 0.25) is 10.0 Å². The van der Waals surface area contributed by atoms with Gasteiger partial charge in [-0.05, 0) is 43.4 Å². The predicted molar refractivity (Wildman–Crippen MR) is 88.3 cm³/mol. The molecule has 0 aliphatic heterocycles. The number of aliphatic carboxylic acids is 1. The lowest BCUT2D eigenvalue weighted by Crippen LogP contribution is -2.44. The first-order valence-corrected chi connectivity index (χ1v) is 9.27. The Balaban J connectivity index is 2.27. The van der Waals surface area contributed by atoms with Crippen LogP contribution in [0.4, 0.5) is 0 Å². The molecule has 2 rings (SSSR count). The summed E-state index contributed by atoms with van der Waals surface area (Å²) < 4.78 is 27.1. The number of carboxylic acid groups (broad SMARTS) is 1. The average molecular weight is 354 g/mol. The Morgan fingerprint density at radius 3 is 2.38 bits per heavy atom. The van der Waals surface area contributed by atoms with Gasteiger partial charge in [-0.15, -0.1) is 0 Å². The molecular formula is C16H22N2O5S. The molecule has 1 aliphatic rings. The van der Waals surface area contributed by atoms with E-state index >= 15 is 0 Å². The minimum atomic E-state index is -3.68. The minimum absolute atomic E-state index is 0.00146. The first-order chi connectivity index (χ1) is 11.1. The zero-order valence-corrected chi connectivity index (χ0v) is 14.7. The van der Waals surface area contributed by atoms with Crippen molar-refractivity contribution < 1.29 is 23.1 Å². The van der Waals surface area contributed by atoms with Gasteiger partial charge in [-0.1, -0.05) is 19.9 Å². The van der Waals surface area contributed by atoms with Gasteiger partial charge in [0.1, 0.15) is 6.04 Å². The SMILES string of the molecule is Cc1ccc(S(=O)(=O)NC2CC2)cc1C(=O)N[C@H](C(=O)O)C(C)C. The van der Waals surface area contributed by atoms with Crippen molar-refractivity contribution in [3.8, 4) is 0 Å². The maximum atomic E-state index is 12.4. The molecule has 0 saturated heterocycles. The molecule has 1 aromatic rings. The molecule has 24 heavy (non-hydrogen) atoms. The van der Waals surface area contributed by atoms with Crippen LogP contribution in [0.1, 0.15) is 42.6 Å². The van der Waals surface area contributed by atoms with E-state index in [1.165, 1.54) is 12.1 Å². The molecule has 0 unspecified atom stereocenters. The van der Waals surface area contributed by atoms with Gasteiger partial charge < -0.3 is 10.4 Å². The number of benzene rings is 1. The molecule has 0 spiro atoms. The highest BCUT2D eigenvalue weighted by molar-refractivity contribution is 7.89. The van der Waals surface area contributed by atoms with Crippen molar-refractivity contribution >= 4 is 21.9 Å². The Hall–Kier alpha value is -1.93. The first kappa shape index (κ1) is 18.4. The third-order valence-corrected chi connectivity index (χ3v) is 5.40. The van der Waals surface area contributed by atoms with Crippen LogP contribution in [-0.2, 0) is 14.8 Å². The lowest BCUT2D eigenvalue weighted by Gasteiger charge is -2.19. The fourth-order valence-electron chi connectivity index (χ4n) is 2.23. The number of nitrogens with one attached hydrogen (secondary N) is 2. The largest absolute Gasteiger partial charge is 0.480 e. The van der Waals surface area contributed by atoms with Gasteiger partial charge >= 0.3 is 5.97 Å². The topological polar surface area (TPSA) is 113 Å². The van der Waals surface area contributed by atoms with Crippen LogP contribution in [0.3, 0.4) is 0 Å². The third kappa shape index (κ3) is 4.33. The molecule has 1 aliphatic carbocycles. The predicted octanol–water partition coefficient (Wildman–Crippen LogP) is 1.27. The summed E-state index contributed by atoms with van der Waals surface area (Å²) in [5.74, 6) is -2.03. The average Bonchev–Trinajstić information content (AvgIpc) is 3.27. The Kier molecular flexibility index (Phi) is 5.29. The van der Waals surface area contributed by atoms with Gasteiger partial charge in [-0.2, -0.15) is 0 Å².